The van der Waals surface area contributed by atoms with Gasteiger partial charge in [0.05, 0.1) is 6.42 Å². The topological polar surface area (TPSA) is 52.3 Å². The zero-order valence-electron chi connectivity index (χ0n) is 7.92. The van der Waals surface area contributed by atoms with E-state index in [1.165, 1.54) is 0 Å². The fourth-order valence-corrected chi connectivity index (χ4v) is 1.10. The van der Waals surface area contributed by atoms with Crippen molar-refractivity contribution in [2.24, 2.45) is 5.73 Å². The fraction of sp³-hybridized carbons (Fsp3) is 0.300. The Morgan fingerprint density at radius 2 is 2.29 bits per heavy atom. The second-order valence-electron chi connectivity index (χ2n) is 2.92. The van der Waals surface area contributed by atoms with Gasteiger partial charge in [-0.3, -0.25) is 4.79 Å². The molecule has 0 saturated heterocycles. The third-order valence-electron chi connectivity index (χ3n) is 1.71. The molecule has 0 aromatic heterocycles. The van der Waals surface area contributed by atoms with E-state index in [0.717, 1.165) is 5.56 Å². The van der Waals surface area contributed by atoms with Crippen LogP contribution in [0.3, 0.4) is 0 Å². The van der Waals surface area contributed by atoms with E-state index < -0.39 is 0 Å². The van der Waals surface area contributed by atoms with Gasteiger partial charge in [0.2, 0.25) is 0 Å². The van der Waals surface area contributed by atoms with Crippen LogP contribution in [0.1, 0.15) is 12.0 Å². The molecular weight excluding hydrogens is 202 g/mol. The molecule has 1 aromatic carbocycles. The van der Waals surface area contributed by atoms with E-state index in [1.54, 1.807) is 18.2 Å². The van der Waals surface area contributed by atoms with Crippen LogP contribution in [-0.4, -0.2) is 12.5 Å². The van der Waals surface area contributed by atoms with E-state index in [0.29, 0.717) is 17.3 Å². The summed E-state index contributed by atoms with van der Waals surface area (Å²) >= 11 is 5.82. The Bertz CT molecular complexity index is 339. The molecule has 0 aliphatic carbocycles. The van der Waals surface area contributed by atoms with E-state index >= 15 is 0 Å². The first-order valence-corrected chi connectivity index (χ1v) is 4.68. The summed E-state index contributed by atoms with van der Waals surface area (Å²) in [5.74, 6) is 0.180. The van der Waals surface area contributed by atoms with E-state index in [-0.39, 0.29) is 12.4 Å². The number of halogens is 1. The van der Waals surface area contributed by atoms with Crippen molar-refractivity contribution in [3.8, 4) is 5.75 Å². The number of nitrogens with two attached hydrogens (primary N) is 1. The smallest absolute Gasteiger partial charge is 0.312 e. The highest BCUT2D eigenvalue weighted by Gasteiger charge is 2.04. The van der Waals surface area contributed by atoms with Crippen LogP contribution >= 0.6 is 11.6 Å². The lowest BCUT2D eigenvalue weighted by molar-refractivity contribution is -0.134. The molecule has 0 atom stereocenters. The van der Waals surface area contributed by atoms with Gasteiger partial charge in [-0.1, -0.05) is 11.6 Å². The van der Waals surface area contributed by atoms with E-state index in [2.05, 4.69) is 0 Å². The summed E-state index contributed by atoms with van der Waals surface area (Å²) in [4.78, 5) is 11.1. The summed E-state index contributed by atoms with van der Waals surface area (Å²) in [6.07, 6.45) is 0.224. The lowest BCUT2D eigenvalue weighted by atomic mass is 10.2. The van der Waals surface area contributed by atoms with Crippen LogP contribution in [0.5, 0.6) is 5.75 Å². The maximum absolute atomic E-state index is 11.1. The van der Waals surface area contributed by atoms with E-state index in [1.807, 2.05) is 6.92 Å². The van der Waals surface area contributed by atoms with Gasteiger partial charge in [-0.15, -0.1) is 0 Å². The molecule has 3 nitrogen and oxygen atoms in total. The van der Waals surface area contributed by atoms with E-state index in [9.17, 15) is 4.79 Å². The average Bonchev–Trinajstić information content (AvgIpc) is 2.12. The zero-order chi connectivity index (χ0) is 10.6. The molecule has 0 unspecified atom stereocenters. The summed E-state index contributed by atoms with van der Waals surface area (Å²) in [5, 5.41) is 0.656. The van der Waals surface area contributed by atoms with Crippen LogP contribution in [-0.2, 0) is 4.79 Å². The van der Waals surface area contributed by atoms with Gasteiger partial charge < -0.3 is 10.5 Å². The Kier molecular flexibility index (Phi) is 3.92. The number of benzene rings is 1. The first-order valence-electron chi connectivity index (χ1n) is 4.30. The predicted octanol–water partition coefficient (Wildman–Crippen LogP) is 1.90. The number of carbonyl (C=O) groups is 1. The molecule has 0 heterocycles. The van der Waals surface area contributed by atoms with Crippen molar-refractivity contribution in [1.82, 2.24) is 0 Å². The Balaban J connectivity index is 2.68. The van der Waals surface area contributed by atoms with Crippen LogP contribution in [0.4, 0.5) is 0 Å². The molecule has 0 aliphatic heterocycles. The van der Waals surface area contributed by atoms with Crippen molar-refractivity contribution in [3.05, 3.63) is 28.8 Å². The van der Waals surface area contributed by atoms with Crippen LogP contribution in [0.15, 0.2) is 18.2 Å². The van der Waals surface area contributed by atoms with Crippen molar-refractivity contribution in [2.45, 2.75) is 13.3 Å². The van der Waals surface area contributed by atoms with Crippen molar-refractivity contribution in [1.29, 1.82) is 0 Å². The quantitative estimate of drug-likeness (QED) is 0.617. The molecular formula is C10H12ClNO2. The standard InChI is InChI=1S/C10H12ClNO2/c1-7-6-8(2-3-9(7)11)14-10(13)4-5-12/h2-3,6H,4-5,12H2,1H3. The molecule has 0 radical (unpaired) electrons. The second-order valence-corrected chi connectivity index (χ2v) is 3.33. The number of rotatable bonds is 3. The van der Waals surface area contributed by atoms with Crippen molar-refractivity contribution < 1.29 is 9.53 Å². The fourth-order valence-electron chi connectivity index (χ4n) is 0.981. The summed E-state index contributed by atoms with van der Waals surface area (Å²) in [6, 6.07) is 5.07. The molecule has 4 heteroatoms. The Morgan fingerprint density at radius 1 is 1.57 bits per heavy atom. The van der Waals surface area contributed by atoms with Gasteiger partial charge in [0.25, 0.3) is 0 Å². The van der Waals surface area contributed by atoms with Gasteiger partial charge >= 0.3 is 5.97 Å². The Hall–Kier alpha value is -1.06. The van der Waals surface area contributed by atoms with Gasteiger partial charge in [0, 0.05) is 11.6 Å². The number of aryl methyl sites for hydroxylation is 1. The SMILES string of the molecule is Cc1cc(OC(=O)CCN)ccc1Cl. The molecule has 0 fully saturated rings. The lowest BCUT2D eigenvalue weighted by Gasteiger charge is -2.04. The zero-order valence-corrected chi connectivity index (χ0v) is 8.67. The molecule has 1 rings (SSSR count). The third kappa shape index (κ3) is 3.01. The summed E-state index contributed by atoms with van der Waals surface area (Å²) in [6.45, 7) is 2.15. The minimum Gasteiger partial charge on any atom is -0.426 e. The molecule has 0 bridgehead atoms. The van der Waals surface area contributed by atoms with Crippen molar-refractivity contribution in [3.63, 3.8) is 0 Å². The highest BCUT2D eigenvalue weighted by atomic mass is 35.5. The van der Waals surface area contributed by atoms with Gasteiger partial charge in [-0.2, -0.15) is 0 Å². The number of esters is 1. The Labute approximate surface area is 87.8 Å². The molecule has 0 spiro atoms. The first-order chi connectivity index (χ1) is 6.63. The monoisotopic (exact) mass is 213 g/mol. The van der Waals surface area contributed by atoms with Crippen molar-refractivity contribution in [2.75, 3.05) is 6.54 Å². The minimum atomic E-state index is -0.325. The lowest BCUT2D eigenvalue weighted by Crippen LogP contribution is -2.13. The highest BCUT2D eigenvalue weighted by molar-refractivity contribution is 6.31. The summed E-state index contributed by atoms with van der Waals surface area (Å²) < 4.78 is 5.01. The average molecular weight is 214 g/mol. The molecule has 0 aliphatic rings. The van der Waals surface area contributed by atoms with Gasteiger partial charge in [0.15, 0.2) is 0 Å². The van der Waals surface area contributed by atoms with Crippen LogP contribution in [0.2, 0.25) is 5.02 Å². The number of hydrogen-bond donors (Lipinski definition) is 1. The number of ether oxygens (including phenoxy) is 1. The maximum Gasteiger partial charge on any atom is 0.312 e. The third-order valence-corrected chi connectivity index (χ3v) is 2.13. The van der Waals surface area contributed by atoms with Crippen LogP contribution in [0.25, 0.3) is 0 Å². The van der Waals surface area contributed by atoms with Crippen LogP contribution < -0.4 is 10.5 Å². The largest absolute Gasteiger partial charge is 0.426 e. The van der Waals surface area contributed by atoms with Crippen LogP contribution in [0, 0.1) is 6.92 Å². The van der Waals surface area contributed by atoms with E-state index in [4.69, 9.17) is 22.1 Å². The maximum atomic E-state index is 11.1. The van der Waals surface area contributed by atoms with Gasteiger partial charge in [-0.05, 0) is 30.7 Å². The summed E-state index contributed by atoms with van der Waals surface area (Å²) in [5.41, 5.74) is 6.09. The van der Waals surface area contributed by atoms with Gasteiger partial charge in [-0.25, -0.2) is 0 Å². The summed E-state index contributed by atoms with van der Waals surface area (Å²) in [7, 11) is 0. The van der Waals surface area contributed by atoms with Crippen molar-refractivity contribution >= 4 is 17.6 Å². The molecule has 14 heavy (non-hydrogen) atoms. The Morgan fingerprint density at radius 3 is 2.86 bits per heavy atom. The van der Waals surface area contributed by atoms with Gasteiger partial charge in [0.1, 0.15) is 5.75 Å². The molecule has 0 saturated carbocycles. The molecule has 76 valence electrons. The first kappa shape index (κ1) is 11.0. The number of hydrogen-bond acceptors (Lipinski definition) is 3. The molecule has 0 amide bonds. The minimum absolute atomic E-state index is 0.224. The highest BCUT2D eigenvalue weighted by Crippen LogP contribution is 2.21. The number of carbonyl (C=O) groups excluding carboxylic acids is 1. The normalized spacial score (nSPS) is 9.93. The molecule has 2 N–H and O–H groups in total. The predicted molar refractivity (Wildman–Crippen MR) is 55.5 cm³/mol. The molecule has 1 aromatic rings. The second kappa shape index (κ2) is 4.98.